The molecule has 1 aliphatic heterocycles. The average molecular weight is 218 g/mol. The van der Waals surface area contributed by atoms with Crippen molar-refractivity contribution >= 4 is 11.4 Å². The quantitative estimate of drug-likeness (QED) is 0.783. The van der Waals surface area contributed by atoms with Gasteiger partial charge in [0.15, 0.2) is 0 Å². The zero-order chi connectivity index (χ0) is 11.2. The number of fused-ring (bicyclic) bond motifs is 1. The van der Waals surface area contributed by atoms with Gasteiger partial charge in [-0.05, 0) is 31.4 Å². The maximum atomic E-state index is 5.39. The number of para-hydroxylation sites is 1. The number of nitrogens with one attached hydrogen (secondary N) is 1. The summed E-state index contributed by atoms with van der Waals surface area (Å²) in [7, 11) is 3.93. The predicted molar refractivity (Wildman–Crippen MR) is 66.5 cm³/mol. The number of hydrogen-bond acceptors (Lipinski definition) is 3. The minimum absolute atomic E-state index is 0.360. The highest BCUT2D eigenvalue weighted by Crippen LogP contribution is 2.47. The largest absolute Gasteiger partial charge is 0.495 e. The Balaban J connectivity index is 2.04. The number of benzene rings is 1. The second-order valence-electron chi connectivity index (χ2n) is 4.84. The summed E-state index contributed by atoms with van der Waals surface area (Å²) in [5.74, 6) is 0.943. The Bertz CT molecular complexity index is 412. The molecule has 1 fully saturated rings. The van der Waals surface area contributed by atoms with E-state index in [0.717, 1.165) is 18.0 Å². The molecule has 1 heterocycles. The first kappa shape index (κ1) is 9.82. The van der Waals surface area contributed by atoms with Gasteiger partial charge in [0, 0.05) is 13.6 Å². The molecule has 86 valence electrons. The van der Waals surface area contributed by atoms with Crippen LogP contribution in [0.2, 0.25) is 0 Å². The molecule has 3 nitrogen and oxygen atoms in total. The average Bonchev–Trinajstić information content (AvgIpc) is 2.27. The van der Waals surface area contributed by atoms with Gasteiger partial charge in [0.2, 0.25) is 0 Å². The van der Waals surface area contributed by atoms with Gasteiger partial charge >= 0.3 is 0 Å². The summed E-state index contributed by atoms with van der Waals surface area (Å²) in [4.78, 5) is 2.44. The molecular weight excluding hydrogens is 200 g/mol. The van der Waals surface area contributed by atoms with E-state index in [9.17, 15) is 0 Å². The van der Waals surface area contributed by atoms with Crippen LogP contribution in [-0.4, -0.2) is 26.2 Å². The van der Waals surface area contributed by atoms with Crippen LogP contribution in [0.1, 0.15) is 19.3 Å². The molecule has 0 radical (unpaired) electrons. The van der Waals surface area contributed by atoms with Crippen molar-refractivity contribution in [3.63, 3.8) is 0 Å². The highest BCUT2D eigenvalue weighted by atomic mass is 16.5. The lowest BCUT2D eigenvalue weighted by atomic mass is 9.74. The Hall–Kier alpha value is -1.38. The highest BCUT2D eigenvalue weighted by Gasteiger charge is 2.44. The molecule has 1 aliphatic carbocycles. The maximum absolute atomic E-state index is 5.39. The Morgan fingerprint density at radius 2 is 2.19 bits per heavy atom. The molecule has 0 aromatic heterocycles. The van der Waals surface area contributed by atoms with Crippen molar-refractivity contribution in [3.05, 3.63) is 18.2 Å². The molecule has 3 heteroatoms. The van der Waals surface area contributed by atoms with Gasteiger partial charge in [-0.25, -0.2) is 0 Å². The molecule has 0 unspecified atom stereocenters. The van der Waals surface area contributed by atoms with Crippen LogP contribution >= 0.6 is 0 Å². The Morgan fingerprint density at radius 3 is 2.81 bits per heavy atom. The molecule has 3 rings (SSSR count). The summed E-state index contributed by atoms with van der Waals surface area (Å²) in [5, 5.41) is 3.54. The fourth-order valence-electron chi connectivity index (χ4n) is 2.87. The Morgan fingerprint density at radius 1 is 1.38 bits per heavy atom. The molecule has 1 aromatic rings. The zero-order valence-corrected chi connectivity index (χ0v) is 9.92. The van der Waals surface area contributed by atoms with Gasteiger partial charge in [0.05, 0.1) is 18.3 Å². The zero-order valence-electron chi connectivity index (χ0n) is 9.92. The number of anilines is 2. The summed E-state index contributed by atoms with van der Waals surface area (Å²) in [6.45, 7) is 1.04. The predicted octanol–water partition coefficient (Wildman–Crippen LogP) is 2.48. The van der Waals surface area contributed by atoms with Crippen LogP contribution in [0.5, 0.6) is 5.75 Å². The second-order valence-corrected chi connectivity index (χ2v) is 4.84. The topological polar surface area (TPSA) is 24.5 Å². The molecule has 1 saturated carbocycles. The van der Waals surface area contributed by atoms with Crippen LogP contribution < -0.4 is 15.0 Å². The smallest absolute Gasteiger partial charge is 0.144 e. The first-order valence-electron chi connectivity index (χ1n) is 5.92. The normalized spacial score (nSPS) is 21.0. The fourth-order valence-corrected chi connectivity index (χ4v) is 2.87. The minimum Gasteiger partial charge on any atom is -0.495 e. The highest BCUT2D eigenvalue weighted by molar-refractivity contribution is 5.79. The lowest BCUT2D eigenvalue weighted by molar-refractivity contribution is 0.248. The van der Waals surface area contributed by atoms with Crippen molar-refractivity contribution < 1.29 is 4.74 Å². The molecular formula is C13H18N2O. The van der Waals surface area contributed by atoms with Crippen LogP contribution in [0.25, 0.3) is 0 Å². The molecule has 1 N–H and O–H groups in total. The van der Waals surface area contributed by atoms with Crippen molar-refractivity contribution in [2.24, 2.45) is 0 Å². The standard InChI is InChI=1S/C13H18N2O/c1-15-10-5-3-6-11(16-2)12(10)14-9-13(15)7-4-8-13/h3,5-6,14H,4,7-9H2,1-2H3. The van der Waals surface area contributed by atoms with Crippen LogP contribution in [0.3, 0.4) is 0 Å². The third kappa shape index (κ3) is 1.14. The molecule has 0 amide bonds. The summed E-state index contributed by atoms with van der Waals surface area (Å²) >= 11 is 0. The van der Waals surface area contributed by atoms with Crippen LogP contribution in [0, 0.1) is 0 Å². The summed E-state index contributed by atoms with van der Waals surface area (Å²) < 4.78 is 5.39. The van der Waals surface area contributed by atoms with E-state index in [-0.39, 0.29) is 0 Å². The van der Waals surface area contributed by atoms with E-state index in [1.165, 1.54) is 24.9 Å². The molecule has 1 spiro atoms. The molecule has 0 saturated heterocycles. The van der Waals surface area contributed by atoms with E-state index in [1.807, 2.05) is 6.07 Å². The van der Waals surface area contributed by atoms with Crippen LogP contribution in [0.15, 0.2) is 18.2 Å². The van der Waals surface area contributed by atoms with Crippen LogP contribution in [-0.2, 0) is 0 Å². The van der Waals surface area contributed by atoms with Crippen molar-refractivity contribution in [2.45, 2.75) is 24.8 Å². The summed E-state index contributed by atoms with van der Waals surface area (Å²) in [6.07, 6.45) is 3.95. The molecule has 16 heavy (non-hydrogen) atoms. The van der Waals surface area contributed by atoms with Crippen LogP contribution in [0.4, 0.5) is 11.4 Å². The number of nitrogens with zero attached hydrogens (tertiary/aromatic N) is 1. The van der Waals surface area contributed by atoms with E-state index >= 15 is 0 Å². The number of methoxy groups -OCH3 is 1. The number of rotatable bonds is 1. The lowest BCUT2D eigenvalue weighted by Gasteiger charge is -2.53. The first-order valence-corrected chi connectivity index (χ1v) is 5.92. The van der Waals surface area contributed by atoms with Crippen molar-refractivity contribution in [1.29, 1.82) is 0 Å². The van der Waals surface area contributed by atoms with E-state index in [0.29, 0.717) is 5.54 Å². The Kier molecular flexibility index (Phi) is 2.03. The van der Waals surface area contributed by atoms with Gasteiger partial charge in [-0.15, -0.1) is 0 Å². The second kappa shape index (κ2) is 3.30. The third-order valence-electron chi connectivity index (χ3n) is 4.18. The van der Waals surface area contributed by atoms with Gasteiger partial charge < -0.3 is 15.0 Å². The van der Waals surface area contributed by atoms with Gasteiger partial charge in [0.1, 0.15) is 11.4 Å². The maximum Gasteiger partial charge on any atom is 0.144 e. The van der Waals surface area contributed by atoms with Gasteiger partial charge in [0.25, 0.3) is 0 Å². The fraction of sp³-hybridized carbons (Fsp3) is 0.538. The Labute approximate surface area is 96.4 Å². The number of likely N-dealkylation sites (N-methyl/N-ethyl adjacent to an activating group) is 1. The molecule has 0 bridgehead atoms. The molecule has 0 atom stereocenters. The van der Waals surface area contributed by atoms with Gasteiger partial charge in [-0.1, -0.05) is 6.07 Å². The van der Waals surface area contributed by atoms with E-state index in [1.54, 1.807) is 7.11 Å². The van der Waals surface area contributed by atoms with E-state index in [2.05, 4.69) is 29.4 Å². The molecule has 1 aromatic carbocycles. The van der Waals surface area contributed by atoms with Gasteiger partial charge in [-0.3, -0.25) is 0 Å². The van der Waals surface area contributed by atoms with Crippen molar-refractivity contribution in [2.75, 3.05) is 30.9 Å². The lowest BCUT2D eigenvalue weighted by Crippen LogP contribution is -2.59. The third-order valence-corrected chi connectivity index (χ3v) is 4.18. The first-order chi connectivity index (χ1) is 7.77. The monoisotopic (exact) mass is 218 g/mol. The summed E-state index contributed by atoms with van der Waals surface area (Å²) in [5.41, 5.74) is 2.77. The molecule has 2 aliphatic rings. The van der Waals surface area contributed by atoms with Crippen molar-refractivity contribution in [3.8, 4) is 5.75 Å². The minimum atomic E-state index is 0.360. The summed E-state index contributed by atoms with van der Waals surface area (Å²) in [6, 6.07) is 6.25. The number of ether oxygens (including phenoxy) is 1. The number of hydrogen-bond donors (Lipinski definition) is 1. The van der Waals surface area contributed by atoms with E-state index < -0.39 is 0 Å². The van der Waals surface area contributed by atoms with E-state index in [4.69, 9.17) is 4.74 Å². The van der Waals surface area contributed by atoms with Gasteiger partial charge in [-0.2, -0.15) is 0 Å². The van der Waals surface area contributed by atoms with Crippen molar-refractivity contribution in [1.82, 2.24) is 0 Å². The SMILES string of the molecule is COc1cccc2c1NCC1(CCC1)N2C.